The normalized spacial score (nSPS) is 25.2. The maximum Gasteiger partial charge on any atom is 0.251 e. The summed E-state index contributed by atoms with van der Waals surface area (Å²) in [5.74, 6) is 2.21. The van der Waals surface area contributed by atoms with Gasteiger partial charge in [-0.2, -0.15) is 0 Å². The Morgan fingerprint density at radius 3 is 2.56 bits per heavy atom. The largest absolute Gasteiger partial charge is 0.457 e. The standard InChI is InChI=1S/C21H24N2O2/c24-21(22-18-13-16-9-11-23(15-18)12-10-16)17-5-4-8-20(14-17)25-19-6-2-1-3-7-19/h1-8,14,16,18H,9-13,15H2,(H,22,24). The molecule has 0 aliphatic carbocycles. The number of carbonyl (C=O) groups is 1. The molecule has 3 aliphatic rings. The third-order valence-corrected chi connectivity index (χ3v) is 5.21. The van der Waals surface area contributed by atoms with Crippen molar-refractivity contribution in [3.05, 3.63) is 60.2 Å². The highest BCUT2D eigenvalue weighted by molar-refractivity contribution is 5.94. The fraction of sp³-hybridized carbons (Fsp3) is 0.381. The van der Waals surface area contributed by atoms with E-state index < -0.39 is 0 Å². The molecule has 2 aromatic rings. The number of nitrogens with one attached hydrogen (secondary N) is 1. The second-order valence-electron chi connectivity index (χ2n) is 7.09. The number of amides is 1. The first-order valence-corrected chi connectivity index (χ1v) is 9.12. The molecule has 3 fully saturated rings. The molecular weight excluding hydrogens is 312 g/mol. The molecule has 3 heterocycles. The summed E-state index contributed by atoms with van der Waals surface area (Å²) < 4.78 is 5.84. The molecule has 4 heteroatoms. The summed E-state index contributed by atoms with van der Waals surface area (Å²) in [6.07, 6.45) is 3.64. The summed E-state index contributed by atoms with van der Waals surface area (Å²) in [6.45, 7) is 3.33. The van der Waals surface area contributed by atoms with Gasteiger partial charge in [-0.3, -0.25) is 4.79 Å². The molecule has 130 valence electrons. The van der Waals surface area contributed by atoms with Gasteiger partial charge in [0.25, 0.3) is 5.91 Å². The Balaban J connectivity index is 1.42. The number of ether oxygens (including phenoxy) is 1. The minimum absolute atomic E-state index is 0.00832. The molecule has 0 radical (unpaired) electrons. The number of piperidine rings is 1. The molecule has 1 atom stereocenters. The monoisotopic (exact) mass is 336 g/mol. The highest BCUT2D eigenvalue weighted by Gasteiger charge is 2.29. The van der Waals surface area contributed by atoms with Crippen LogP contribution in [0.1, 0.15) is 29.6 Å². The van der Waals surface area contributed by atoms with Crippen LogP contribution in [-0.4, -0.2) is 36.5 Å². The molecule has 5 rings (SSSR count). The number of rotatable bonds is 4. The fourth-order valence-corrected chi connectivity index (χ4v) is 3.89. The van der Waals surface area contributed by atoms with E-state index in [4.69, 9.17) is 4.74 Å². The lowest BCUT2D eigenvalue weighted by atomic mass is 9.94. The third kappa shape index (κ3) is 4.02. The smallest absolute Gasteiger partial charge is 0.251 e. The van der Waals surface area contributed by atoms with E-state index in [0.29, 0.717) is 11.3 Å². The summed E-state index contributed by atoms with van der Waals surface area (Å²) in [4.78, 5) is 15.2. The van der Waals surface area contributed by atoms with Gasteiger partial charge < -0.3 is 15.0 Å². The van der Waals surface area contributed by atoms with Crippen LogP contribution in [0, 0.1) is 5.92 Å². The van der Waals surface area contributed by atoms with Crippen molar-refractivity contribution in [3.63, 3.8) is 0 Å². The van der Waals surface area contributed by atoms with Crippen molar-refractivity contribution in [2.75, 3.05) is 19.6 Å². The van der Waals surface area contributed by atoms with Crippen molar-refractivity contribution < 1.29 is 9.53 Å². The van der Waals surface area contributed by atoms with Crippen molar-refractivity contribution in [1.29, 1.82) is 0 Å². The lowest BCUT2D eigenvalue weighted by Crippen LogP contribution is -2.41. The summed E-state index contributed by atoms with van der Waals surface area (Å²) in [6, 6.07) is 17.3. The van der Waals surface area contributed by atoms with Gasteiger partial charge in [0.05, 0.1) is 0 Å². The van der Waals surface area contributed by atoms with Crippen molar-refractivity contribution in [2.24, 2.45) is 5.92 Å². The van der Waals surface area contributed by atoms with Crippen molar-refractivity contribution in [3.8, 4) is 11.5 Å². The van der Waals surface area contributed by atoms with Gasteiger partial charge in [-0.15, -0.1) is 0 Å². The Labute approximate surface area is 148 Å². The number of hydrogen-bond donors (Lipinski definition) is 1. The summed E-state index contributed by atoms with van der Waals surface area (Å²) in [5.41, 5.74) is 0.653. The molecule has 3 saturated heterocycles. The molecule has 0 aromatic heterocycles. The molecule has 2 bridgehead atoms. The molecule has 0 spiro atoms. The average Bonchev–Trinajstić information content (AvgIpc) is 2.95. The van der Waals surface area contributed by atoms with E-state index >= 15 is 0 Å². The molecule has 0 saturated carbocycles. The quantitative estimate of drug-likeness (QED) is 0.926. The molecule has 25 heavy (non-hydrogen) atoms. The van der Waals surface area contributed by atoms with Crippen LogP contribution in [0.25, 0.3) is 0 Å². The minimum atomic E-state index is -0.00832. The Hall–Kier alpha value is -2.33. The average molecular weight is 336 g/mol. The van der Waals surface area contributed by atoms with E-state index in [-0.39, 0.29) is 11.9 Å². The molecule has 1 unspecified atom stereocenters. The number of benzene rings is 2. The van der Waals surface area contributed by atoms with Gasteiger partial charge in [0, 0.05) is 18.2 Å². The van der Waals surface area contributed by atoms with E-state index in [0.717, 1.165) is 24.6 Å². The number of para-hydroxylation sites is 1. The highest BCUT2D eigenvalue weighted by atomic mass is 16.5. The predicted octanol–water partition coefficient (Wildman–Crippen LogP) is 3.69. The topological polar surface area (TPSA) is 41.6 Å². The van der Waals surface area contributed by atoms with Gasteiger partial charge in [0.15, 0.2) is 0 Å². The highest BCUT2D eigenvalue weighted by Crippen LogP contribution is 2.27. The van der Waals surface area contributed by atoms with Crippen LogP contribution in [-0.2, 0) is 0 Å². The third-order valence-electron chi connectivity index (χ3n) is 5.21. The van der Waals surface area contributed by atoms with Crippen LogP contribution in [0.3, 0.4) is 0 Å². The van der Waals surface area contributed by atoms with Crippen molar-refractivity contribution in [1.82, 2.24) is 10.2 Å². The van der Waals surface area contributed by atoms with Gasteiger partial charge in [-0.25, -0.2) is 0 Å². The SMILES string of the molecule is O=C(NC1CC2CCN(CC2)C1)c1cccc(Oc2ccccc2)c1. The van der Waals surface area contributed by atoms with Crippen LogP contribution < -0.4 is 10.1 Å². The Morgan fingerprint density at radius 2 is 1.76 bits per heavy atom. The minimum Gasteiger partial charge on any atom is -0.457 e. The maximum atomic E-state index is 12.7. The molecule has 1 N–H and O–H groups in total. The Kier molecular flexibility index (Phi) is 4.70. The lowest BCUT2D eigenvalue weighted by molar-refractivity contribution is 0.0928. The zero-order chi connectivity index (χ0) is 17.1. The van der Waals surface area contributed by atoms with Gasteiger partial charge >= 0.3 is 0 Å². The number of nitrogens with zero attached hydrogens (tertiary/aromatic N) is 1. The summed E-state index contributed by atoms with van der Waals surface area (Å²) in [7, 11) is 0. The molecular formula is C21H24N2O2. The number of fused-ring (bicyclic) bond motifs is 4. The fourth-order valence-electron chi connectivity index (χ4n) is 3.89. The van der Waals surface area contributed by atoms with Crippen LogP contribution in [0.4, 0.5) is 0 Å². The molecule has 4 nitrogen and oxygen atoms in total. The van der Waals surface area contributed by atoms with E-state index in [9.17, 15) is 4.79 Å². The van der Waals surface area contributed by atoms with E-state index in [1.54, 1.807) is 0 Å². The van der Waals surface area contributed by atoms with Crippen LogP contribution in [0.5, 0.6) is 11.5 Å². The zero-order valence-corrected chi connectivity index (χ0v) is 14.4. The first-order chi connectivity index (χ1) is 12.3. The summed E-state index contributed by atoms with van der Waals surface area (Å²) in [5, 5.41) is 3.23. The van der Waals surface area contributed by atoms with Gasteiger partial charge in [-0.05, 0) is 68.6 Å². The Bertz CT molecular complexity index is 710. The summed E-state index contributed by atoms with van der Waals surface area (Å²) >= 11 is 0. The van der Waals surface area contributed by atoms with Crippen LogP contribution in [0.2, 0.25) is 0 Å². The number of carbonyl (C=O) groups excluding carboxylic acids is 1. The molecule has 2 aromatic carbocycles. The van der Waals surface area contributed by atoms with Crippen molar-refractivity contribution >= 4 is 5.91 Å². The maximum absolute atomic E-state index is 12.7. The zero-order valence-electron chi connectivity index (χ0n) is 14.4. The molecule has 1 amide bonds. The first kappa shape index (κ1) is 16.2. The Morgan fingerprint density at radius 1 is 1.00 bits per heavy atom. The van der Waals surface area contributed by atoms with E-state index in [1.807, 2.05) is 54.6 Å². The van der Waals surface area contributed by atoms with Gasteiger partial charge in [0.1, 0.15) is 11.5 Å². The van der Waals surface area contributed by atoms with E-state index in [1.165, 1.54) is 25.9 Å². The second-order valence-corrected chi connectivity index (χ2v) is 7.09. The lowest BCUT2D eigenvalue weighted by Gasteiger charge is -2.26. The van der Waals surface area contributed by atoms with Gasteiger partial charge in [0.2, 0.25) is 0 Å². The van der Waals surface area contributed by atoms with Gasteiger partial charge in [-0.1, -0.05) is 24.3 Å². The molecule has 3 aliphatic heterocycles. The first-order valence-electron chi connectivity index (χ1n) is 9.12. The number of hydrogen-bond acceptors (Lipinski definition) is 3. The second kappa shape index (κ2) is 7.28. The van der Waals surface area contributed by atoms with Crippen LogP contribution >= 0.6 is 0 Å². The predicted molar refractivity (Wildman–Crippen MR) is 98.0 cm³/mol. The van der Waals surface area contributed by atoms with E-state index in [2.05, 4.69) is 10.2 Å². The van der Waals surface area contributed by atoms with Crippen LogP contribution in [0.15, 0.2) is 54.6 Å². The van der Waals surface area contributed by atoms with Crippen molar-refractivity contribution in [2.45, 2.75) is 25.3 Å².